The lowest BCUT2D eigenvalue weighted by atomic mass is 10.1. The van der Waals surface area contributed by atoms with Gasteiger partial charge in [-0.25, -0.2) is 0 Å². The molecule has 0 aliphatic heterocycles. The lowest BCUT2D eigenvalue weighted by molar-refractivity contribution is 0.305. The number of nitrogens with zero attached hydrogens (tertiary/aromatic N) is 1. The summed E-state index contributed by atoms with van der Waals surface area (Å²) in [7, 11) is 0. The molecule has 4 heteroatoms. The van der Waals surface area contributed by atoms with E-state index >= 15 is 0 Å². The second kappa shape index (κ2) is 7.34. The number of aromatic amines is 1. The van der Waals surface area contributed by atoms with Crippen molar-refractivity contribution in [3.05, 3.63) is 46.2 Å². The minimum atomic E-state index is 0.716. The van der Waals surface area contributed by atoms with Gasteiger partial charge in [-0.3, -0.25) is 5.10 Å². The number of halogens is 1. The van der Waals surface area contributed by atoms with Crippen molar-refractivity contribution in [3.8, 4) is 5.75 Å². The fraction of sp³-hybridized carbons (Fsp3) is 0.438. The van der Waals surface area contributed by atoms with Crippen molar-refractivity contribution in [1.82, 2.24) is 10.2 Å². The average Bonchev–Trinajstić information content (AvgIpc) is 2.74. The van der Waals surface area contributed by atoms with Gasteiger partial charge in [-0.15, -0.1) is 0 Å². The number of aryl methyl sites for hydroxylation is 2. The fourth-order valence-corrected chi connectivity index (χ4v) is 2.45. The molecule has 0 fully saturated rings. The maximum absolute atomic E-state index is 5.91. The monoisotopic (exact) mass is 292 g/mol. The third kappa shape index (κ3) is 4.27. The van der Waals surface area contributed by atoms with Crippen molar-refractivity contribution in [2.45, 2.75) is 39.5 Å². The van der Waals surface area contributed by atoms with Crippen LogP contribution in [0.3, 0.4) is 0 Å². The van der Waals surface area contributed by atoms with Crippen LogP contribution in [0.5, 0.6) is 5.75 Å². The van der Waals surface area contributed by atoms with E-state index in [4.69, 9.17) is 16.3 Å². The van der Waals surface area contributed by atoms with Crippen LogP contribution in [0.25, 0.3) is 0 Å². The Labute approximate surface area is 125 Å². The van der Waals surface area contributed by atoms with Crippen LogP contribution >= 0.6 is 11.6 Å². The van der Waals surface area contributed by atoms with E-state index < -0.39 is 0 Å². The van der Waals surface area contributed by atoms with Crippen LogP contribution < -0.4 is 4.74 Å². The van der Waals surface area contributed by atoms with Crippen molar-refractivity contribution in [2.24, 2.45) is 0 Å². The molecule has 2 aromatic rings. The molecule has 0 saturated carbocycles. The molecular weight excluding hydrogens is 272 g/mol. The molecular formula is C16H21ClN2O. The van der Waals surface area contributed by atoms with E-state index in [0.717, 1.165) is 37.3 Å². The number of unbranched alkanes of at least 4 members (excludes halogenated alkanes) is 2. The van der Waals surface area contributed by atoms with Gasteiger partial charge in [-0.2, -0.15) is 5.10 Å². The summed E-state index contributed by atoms with van der Waals surface area (Å²) in [5, 5.41) is 7.96. The zero-order valence-corrected chi connectivity index (χ0v) is 12.8. The normalized spacial score (nSPS) is 10.8. The Morgan fingerprint density at radius 2 is 2.05 bits per heavy atom. The zero-order valence-electron chi connectivity index (χ0n) is 12.1. The number of rotatable bonds is 7. The summed E-state index contributed by atoms with van der Waals surface area (Å²) in [6.07, 6.45) is 4.47. The van der Waals surface area contributed by atoms with Gasteiger partial charge in [0.2, 0.25) is 0 Å². The van der Waals surface area contributed by atoms with E-state index in [0.29, 0.717) is 5.02 Å². The van der Waals surface area contributed by atoms with Crippen LogP contribution in [0.4, 0.5) is 0 Å². The standard InChI is InChI=1S/C16H21ClN2O/c1-12-16(13(2)19-18-12)9-4-3-5-10-20-15-8-6-7-14(17)11-15/h6-8,11H,3-5,9-10H2,1-2H3,(H,18,19). The van der Waals surface area contributed by atoms with E-state index in [9.17, 15) is 0 Å². The minimum absolute atomic E-state index is 0.716. The highest BCUT2D eigenvalue weighted by atomic mass is 35.5. The van der Waals surface area contributed by atoms with Gasteiger partial charge in [-0.05, 0) is 63.3 Å². The van der Waals surface area contributed by atoms with E-state index in [2.05, 4.69) is 24.0 Å². The number of hydrogen-bond donors (Lipinski definition) is 1. The Morgan fingerprint density at radius 3 is 2.75 bits per heavy atom. The van der Waals surface area contributed by atoms with Gasteiger partial charge >= 0.3 is 0 Å². The van der Waals surface area contributed by atoms with Crippen LogP contribution in [0.2, 0.25) is 5.02 Å². The van der Waals surface area contributed by atoms with Gasteiger partial charge in [0, 0.05) is 10.7 Å². The molecule has 20 heavy (non-hydrogen) atoms. The molecule has 1 heterocycles. The van der Waals surface area contributed by atoms with Gasteiger partial charge in [0.1, 0.15) is 5.75 Å². The number of hydrogen-bond acceptors (Lipinski definition) is 2. The SMILES string of the molecule is Cc1n[nH]c(C)c1CCCCCOc1cccc(Cl)c1. The molecule has 0 atom stereocenters. The first kappa shape index (κ1) is 14.9. The summed E-state index contributed by atoms with van der Waals surface area (Å²) in [6.45, 7) is 4.88. The maximum Gasteiger partial charge on any atom is 0.120 e. The molecule has 0 radical (unpaired) electrons. The summed E-state index contributed by atoms with van der Waals surface area (Å²) in [5.74, 6) is 0.846. The molecule has 0 bridgehead atoms. The van der Waals surface area contributed by atoms with E-state index in [1.807, 2.05) is 24.3 Å². The Bertz CT molecular complexity index is 532. The lowest BCUT2D eigenvalue weighted by Crippen LogP contribution is -1.98. The first-order valence-electron chi connectivity index (χ1n) is 7.05. The summed E-state index contributed by atoms with van der Waals surface area (Å²) in [5.41, 5.74) is 3.68. The first-order valence-corrected chi connectivity index (χ1v) is 7.43. The van der Waals surface area contributed by atoms with E-state index in [1.54, 1.807) is 0 Å². The fourth-order valence-electron chi connectivity index (χ4n) is 2.27. The number of nitrogens with one attached hydrogen (secondary N) is 1. The highest BCUT2D eigenvalue weighted by molar-refractivity contribution is 6.30. The first-order chi connectivity index (χ1) is 9.66. The van der Waals surface area contributed by atoms with E-state index in [1.165, 1.54) is 17.7 Å². The molecule has 0 aliphatic rings. The van der Waals surface area contributed by atoms with Crippen LogP contribution in [0, 0.1) is 13.8 Å². The van der Waals surface area contributed by atoms with Crippen molar-refractivity contribution in [3.63, 3.8) is 0 Å². The number of benzene rings is 1. The van der Waals surface area contributed by atoms with Gasteiger partial charge < -0.3 is 4.74 Å². The van der Waals surface area contributed by atoms with Crippen LogP contribution in [-0.4, -0.2) is 16.8 Å². The van der Waals surface area contributed by atoms with Gasteiger partial charge in [0.15, 0.2) is 0 Å². The molecule has 1 aromatic heterocycles. The third-order valence-electron chi connectivity index (χ3n) is 3.42. The summed E-state index contributed by atoms with van der Waals surface area (Å²) in [4.78, 5) is 0. The van der Waals surface area contributed by atoms with Crippen molar-refractivity contribution in [2.75, 3.05) is 6.61 Å². The van der Waals surface area contributed by atoms with Gasteiger partial charge in [-0.1, -0.05) is 17.7 Å². The molecule has 2 rings (SSSR count). The predicted molar refractivity (Wildman–Crippen MR) is 82.6 cm³/mol. The molecule has 1 aromatic carbocycles. The summed E-state index contributed by atoms with van der Waals surface area (Å²) >= 11 is 5.91. The van der Waals surface area contributed by atoms with Crippen LogP contribution in [0.1, 0.15) is 36.2 Å². The molecule has 0 spiro atoms. The second-order valence-electron chi connectivity index (χ2n) is 5.03. The predicted octanol–water partition coefficient (Wildman–Crippen LogP) is 4.47. The number of aromatic nitrogens is 2. The average molecular weight is 293 g/mol. The van der Waals surface area contributed by atoms with Gasteiger partial charge in [0.25, 0.3) is 0 Å². The van der Waals surface area contributed by atoms with Crippen molar-refractivity contribution < 1.29 is 4.74 Å². The second-order valence-corrected chi connectivity index (χ2v) is 5.47. The maximum atomic E-state index is 5.91. The summed E-state index contributed by atoms with van der Waals surface area (Å²) < 4.78 is 5.67. The molecule has 3 nitrogen and oxygen atoms in total. The quantitative estimate of drug-likeness (QED) is 0.765. The Balaban J connectivity index is 1.63. The molecule has 108 valence electrons. The van der Waals surface area contributed by atoms with Crippen LogP contribution in [-0.2, 0) is 6.42 Å². The number of ether oxygens (including phenoxy) is 1. The largest absolute Gasteiger partial charge is 0.494 e. The molecule has 0 amide bonds. The molecule has 0 saturated heterocycles. The smallest absolute Gasteiger partial charge is 0.120 e. The molecule has 0 aliphatic carbocycles. The highest BCUT2D eigenvalue weighted by Crippen LogP contribution is 2.18. The topological polar surface area (TPSA) is 37.9 Å². The van der Waals surface area contributed by atoms with Crippen LogP contribution in [0.15, 0.2) is 24.3 Å². The van der Waals surface area contributed by atoms with Crippen molar-refractivity contribution in [1.29, 1.82) is 0 Å². The van der Waals surface area contributed by atoms with E-state index in [-0.39, 0.29) is 0 Å². The Hall–Kier alpha value is -1.48. The summed E-state index contributed by atoms with van der Waals surface area (Å²) in [6, 6.07) is 7.54. The zero-order chi connectivity index (χ0) is 14.4. The Kier molecular flexibility index (Phi) is 5.48. The number of H-pyrrole nitrogens is 1. The molecule has 1 N–H and O–H groups in total. The minimum Gasteiger partial charge on any atom is -0.494 e. The van der Waals surface area contributed by atoms with Gasteiger partial charge in [0.05, 0.1) is 12.3 Å². The molecule has 0 unspecified atom stereocenters. The third-order valence-corrected chi connectivity index (χ3v) is 3.65. The Morgan fingerprint density at radius 1 is 1.20 bits per heavy atom. The lowest BCUT2D eigenvalue weighted by Gasteiger charge is -2.06. The highest BCUT2D eigenvalue weighted by Gasteiger charge is 2.05. The van der Waals surface area contributed by atoms with Crippen molar-refractivity contribution >= 4 is 11.6 Å².